The van der Waals surface area contributed by atoms with Crippen LogP contribution in [-0.2, 0) is 0 Å². The van der Waals surface area contributed by atoms with Crippen molar-refractivity contribution in [3.05, 3.63) is 46.6 Å². The topological polar surface area (TPSA) is 0 Å². The molecular weight excluding hydrogens is 144 g/mol. The van der Waals surface area contributed by atoms with Crippen molar-refractivity contribution in [1.82, 2.24) is 0 Å². The minimum atomic E-state index is 1.21. The van der Waals surface area contributed by atoms with Crippen molar-refractivity contribution in [2.45, 2.75) is 26.7 Å². The largest absolute Gasteiger partial charge is 0.0806 e. The summed E-state index contributed by atoms with van der Waals surface area (Å²) in [5.41, 5.74) is 5.87. The Bertz CT molecular complexity index is 322. The van der Waals surface area contributed by atoms with Gasteiger partial charge in [-0.25, -0.2) is 0 Å². The highest BCUT2D eigenvalue weighted by molar-refractivity contribution is 5.62. The molecule has 0 bridgehead atoms. The van der Waals surface area contributed by atoms with Crippen molar-refractivity contribution >= 4 is 0 Å². The fraction of sp³-hybridized carbons (Fsp3) is 0.333. The maximum atomic E-state index is 2.34. The van der Waals surface area contributed by atoms with Crippen LogP contribution in [0, 0.1) is 0 Å². The van der Waals surface area contributed by atoms with Gasteiger partial charge in [0, 0.05) is 0 Å². The van der Waals surface area contributed by atoms with Gasteiger partial charge in [0.25, 0.3) is 0 Å². The first kappa shape index (κ1) is 7.60. The van der Waals surface area contributed by atoms with Crippen molar-refractivity contribution in [1.29, 1.82) is 0 Å². The minimum absolute atomic E-state index is 1.21. The molecule has 0 heteroatoms. The molecule has 0 aromatic rings. The normalized spacial score (nSPS) is 24.8. The lowest BCUT2D eigenvalue weighted by molar-refractivity contribution is 0.961. The molecule has 0 nitrogen and oxygen atoms in total. The molecule has 0 N–H and O–H groups in total. The van der Waals surface area contributed by atoms with Crippen molar-refractivity contribution in [3.8, 4) is 0 Å². The van der Waals surface area contributed by atoms with Crippen LogP contribution in [0.2, 0.25) is 0 Å². The average Bonchev–Trinajstić information content (AvgIpc) is 2.49. The molecule has 0 saturated heterocycles. The summed E-state index contributed by atoms with van der Waals surface area (Å²) < 4.78 is 0. The van der Waals surface area contributed by atoms with E-state index < -0.39 is 0 Å². The van der Waals surface area contributed by atoms with Crippen LogP contribution < -0.4 is 0 Å². The molecule has 2 aliphatic carbocycles. The molecule has 12 heavy (non-hydrogen) atoms. The second kappa shape index (κ2) is 2.78. The minimum Gasteiger partial charge on any atom is -0.0806 e. The molecule has 0 saturated carbocycles. The third-order valence-electron chi connectivity index (χ3n) is 2.64. The van der Waals surface area contributed by atoms with Crippen LogP contribution in [0.15, 0.2) is 46.6 Å². The summed E-state index contributed by atoms with van der Waals surface area (Å²) in [6.07, 6.45) is 11.5. The lowest BCUT2D eigenvalue weighted by Crippen LogP contribution is -1.95. The Kier molecular flexibility index (Phi) is 1.76. The van der Waals surface area contributed by atoms with Gasteiger partial charge in [-0.2, -0.15) is 0 Å². The summed E-state index contributed by atoms with van der Waals surface area (Å²) in [5, 5.41) is 0. The van der Waals surface area contributed by atoms with Crippen LogP contribution in [0.5, 0.6) is 0 Å². The first-order chi connectivity index (χ1) is 5.83. The standard InChI is InChI=1S/C12H14/c1-3-10-7-8-11-6-4-5-9(2)12(10)11/h3,5,7-8H,4,6H2,1-2H3/b10-3-. The molecule has 0 aromatic carbocycles. The molecule has 62 valence electrons. The third-order valence-corrected chi connectivity index (χ3v) is 2.64. The monoisotopic (exact) mass is 158 g/mol. The van der Waals surface area contributed by atoms with Crippen LogP contribution in [0.4, 0.5) is 0 Å². The molecule has 0 radical (unpaired) electrons. The summed E-state index contributed by atoms with van der Waals surface area (Å²) >= 11 is 0. The van der Waals surface area contributed by atoms with Gasteiger partial charge in [-0.05, 0) is 49.0 Å². The van der Waals surface area contributed by atoms with E-state index in [1.54, 1.807) is 0 Å². The highest BCUT2D eigenvalue weighted by atomic mass is 14.2. The van der Waals surface area contributed by atoms with Gasteiger partial charge in [-0.3, -0.25) is 0 Å². The molecule has 0 amide bonds. The molecule has 0 heterocycles. The second-order valence-electron chi connectivity index (χ2n) is 3.40. The molecule has 2 aliphatic rings. The van der Waals surface area contributed by atoms with Crippen molar-refractivity contribution < 1.29 is 0 Å². The van der Waals surface area contributed by atoms with Gasteiger partial charge < -0.3 is 0 Å². The zero-order valence-corrected chi connectivity index (χ0v) is 7.72. The Hall–Kier alpha value is -1.04. The van der Waals surface area contributed by atoms with E-state index >= 15 is 0 Å². The molecule has 0 unspecified atom stereocenters. The van der Waals surface area contributed by atoms with Gasteiger partial charge in [-0.1, -0.05) is 24.3 Å². The molecular formula is C12H14. The van der Waals surface area contributed by atoms with Crippen LogP contribution in [0.25, 0.3) is 0 Å². The number of rotatable bonds is 0. The predicted octanol–water partition coefficient (Wildman–Crippen LogP) is 3.54. The van der Waals surface area contributed by atoms with Crippen LogP contribution in [-0.4, -0.2) is 0 Å². The zero-order valence-electron chi connectivity index (χ0n) is 7.72. The maximum absolute atomic E-state index is 2.34. The Balaban J connectivity index is 2.48. The fourth-order valence-corrected chi connectivity index (χ4v) is 2.02. The van der Waals surface area contributed by atoms with Gasteiger partial charge in [0.1, 0.15) is 0 Å². The van der Waals surface area contributed by atoms with Gasteiger partial charge >= 0.3 is 0 Å². The third kappa shape index (κ3) is 0.989. The first-order valence-corrected chi connectivity index (χ1v) is 4.58. The highest BCUT2D eigenvalue weighted by Gasteiger charge is 2.17. The van der Waals surface area contributed by atoms with E-state index in [-0.39, 0.29) is 0 Å². The fourth-order valence-electron chi connectivity index (χ4n) is 2.02. The van der Waals surface area contributed by atoms with E-state index in [2.05, 4.69) is 38.2 Å². The summed E-state index contributed by atoms with van der Waals surface area (Å²) in [4.78, 5) is 0. The van der Waals surface area contributed by atoms with E-state index in [4.69, 9.17) is 0 Å². The number of hydrogen-bond donors (Lipinski definition) is 0. The quantitative estimate of drug-likeness (QED) is 0.506. The number of hydrogen-bond acceptors (Lipinski definition) is 0. The molecule has 2 rings (SSSR count). The predicted molar refractivity (Wildman–Crippen MR) is 52.9 cm³/mol. The Morgan fingerprint density at radius 3 is 2.92 bits per heavy atom. The molecule has 0 atom stereocenters. The van der Waals surface area contributed by atoms with Crippen molar-refractivity contribution in [2.24, 2.45) is 0 Å². The number of allylic oxidation sites excluding steroid dienone is 8. The summed E-state index contributed by atoms with van der Waals surface area (Å²) in [5.74, 6) is 0. The van der Waals surface area contributed by atoms with E-state index in [9.17, 15) is 0 Å². The van der Waals surface area contributed by atoms with Crippen LogP contribution in [0.3, 0.4) is 0 Å². The first-order valence-electron chi connectivity index (χ1n) is 4.58. The lowest BCUT2D eigenvalue weighted by atomic mass is 9.91. The SMILES string of the molecule is C/C=C1/C=CC2=C1C(C)=CCC2. The lowest BCUT2D eigenvalue weighted by Gasteiger charge is -2.14. The molecule has 0 aromatic heterocycles. The van der Waals surface area contributed by atoms with E-state index in [1.165, 1.54) is 35.1 Å². The summed E-state index contributed by atoms with van der Waals surface area (Å²) in [6.45, 7) is 4.32. The Labute approximate surface area is 74.0 Å². The van der Waals surface area contributed by atoms with Gasteiger partial charge in [-0.15, -0.1) is 0 Å². The Morgan fingerprint density at radius 1 is 1.33 bits per heavy atom. The van der Waals surface area contributed by atoms with Crippen molar-refractivity contribution in [3.63, 3.8) is 0 Å². The smallest absolute Gasteiger partial charge is 0.0129 e. The summed E-state index contributed by atoms with van der Waals surface area (Å²) in [6, 6.07) is 0. The molecule has 0 spiro atoms. The Morgan fingerprint density at radius 2 is 2.17 bits per heavy atom. The van der Waals surface area contributed by atoms with Crippen LogP contribution in [0.1, 0.15) is 26.7 Å². The molecule has 0 aliphatic heterocycles. The highest BCUT2D eigenvalue weighted by Crippen LogP contribution is 2.36. The van der Waals surface area contributed by atoms with E-state index in [0.717, 1.165) is 0 Å². The van der Waals surface area contributed by atoms with Gasteiger partial charge in [0.05, 0.1) is 0 Å². The van der Waals surface area contributed by atoms with E-state index in [0.29, 0.717) is 0 Å². The second-order valence-corrected chi connectivity index (χ2v) is 3.40. The average molecular weight is 158 g/mol. The summed E-state index contributed by atoms with van der Waals surface area (Å²) in [7, 11) is 0. The molecule has 0 fully saturated rings. The van der Waals surface area contributed by atoms with Crippen molar-refractivity contribution in [2.75, 3.05) is 0 Å². The van der Waals surface area contributed by atoms with Gasteiger partial charge in [0.2, 0.25) is 0 Å². The van der Waals surface area contributed by atoms with E-state index in [1.807, 2.05) is 0 Å². The van der Waals surface area contributed by atoms with Crippen LogP contribution >= 0.6 is 0 Å². The zero-order chi connectivity index (χ0) is 8.55. The van der Waals surface area contributed by atoms with Gasteiger partial charge in [0.15, 0.2) is 0 Å². The maximum Gasteiger partial charge on any atom is -0.0129 e.